The highest BCUT2D eigenvalue weighted by Crippen LogP contribution is 2.19. The van der Waals surface area contributed by atoms with Crippen LogP contribution in [0.4, 0.5) is 0 Å². The van der Waals surface area contributed by atoms with E-state index in [1.807, 2.05) is 47.8 Å². The summed E-state index contributed by atoms with van der Waals surface area (Å²) in [6.07, 6.45) is 9.23. The number of para-hydroxylation sites is 1. The highest BCUT2D eigenvalue weighted by molar-refractivity contribution is 5.76. The molecule has 0 bridgehead atoms. The molecule has 128 valence electrons. The fraction of sp³-hybridized carbons (Fsp3) is 0.474. The lowest BCUT2D eigenvalue weighted by atomic mass is 9.97. The maximum Gasteiger partial charge on any atom is 0.222 e. The lowest BCUT2D eigenvalue weighted by Crippen LogP contribution is -2.41. The molecule has 1 amide bonds. The fourth-order valence-electron chi connectivity index (χ4n) is 3.22. The second-order valence-electron chi connectivity index (χ2n) is 6.37. The van der Waals surface area contributed by atoms with Crippen molar-refractivity contribution in [2.24, 2.45) is 5.92 Å². The Hall–Kier alpha value is -2.30. The molecule has 1 fully saturated rings. The van der Waals surface area contributed by atoms with Crippen LogP contribution >= 0.6 is 0 Å². The van der Waals surface area contributed by atoms with Crippen molar-refractivity contribution < 1.29 is 9.53 Å². The van der Waals surface area contributed by atoms with E-state index in [9.17, 15) is 4.79 Å². The Morgan fingerprint density at radius 2 is 2.17 bits per heavy atom. The van der Waals surface area contributed by atoms with Crippen molar-refractivity contribution in [1.29, 1.82) is 0 Å². The van der Waals surface area contributed by atoms with Gasteiger partial charge in [0.2, 0.25) is 5.91 Å². The van der Waals surface area contributed by atoms with Gasteiger partial charge in [-0.15, -0.1) is 0 Å². The fourth-order valence-corrected chi connectivity index (χ4v) is 3.22. The first-order valence-electron chi connectivity index (χ1n) is 8.72. The Morgan fingerprint density at radius 1 is 1.29 bits per heavy atom. The van der Waals surface area contributed by atoms with E-state index in [1.54, 1.807) is 6.20 Å². The molecule has 0 saturated carbocycles. The first-order valence-corrected chi connectivity index (χ1v) is 8.72. The van der Waals surface area contributed by atoms with Crippen molar-refractivity contribution >= 4 is 5.91 Å². The van der Waals surface area contributed by atoms with Crippen molar-refractivity contribution in [2.45, 2.75) is 32.2 Å². The highest BCUT2D eigenvalue weighted by Gasteiger charge is 2.23. The van der Waals surface area contributed by atoms with Gasteiger partial charge < -0.3 is 14.2 Å². The number of likely N-dealkylation sites (tertiary alicyclic amines) is 1. The van der Waals surface area contributed by atoms with Crippen molar-refractivity contribution in [3.8, 4) is 5.75 Å². The number of hydrogen-bond acceptors (Lipinski definition) is 3. The molecule has 0 radical (unpaired) electrons. The Kier molecular flexibility index (Phi) is 5.88. The van der Waals surface area contributed by atoms with Crippen molar-refractivity contribution in [3.05, 3.63) is 49.1 Å². The predicted octanol–water partition coefficient (Wildman–Crippen LogP) is 2.98. The summed E-state index contributed by atoms with van der Waals surface area (Å²) in [7, 11) is 0. The molecular weight excluding hydrogens is 302 g/mol. The van der Waals surface area contributed by atoms with Crippen LogP contribution in [0.5, 0.6) is 5.75 Å². The van der Waals surface area contributed by atoms with E-state index in [1.165, 1.54) is 6.42 Å². The minimum atomic E-state index is 0.252. The molecule has 2 heterocycles. The van der Waals surface area contributed by atoms with Gasteiger partial charge >= 0.3 is 0 Å². The SMILES string of the molecule is O=C(CCCOc1ccccc1)N1CCCC(Cn2ccnc2)C1. The second kappa shape index (κ2) is 8.52. The topological polar surface area (TPSA) is 47.4 Å². The maximum atomic E-state index is 12.4. The smallest absolute Gasteiger partial charge is 0.222 e. The molecule has 24 heavy (non-hydrogen) atoms. The van der Waals surface area contributed by atoms with Crippen molar-refractivity contribution in [3.63, 3.8) is 0 Å². The molecule has 1 aromatic carbocycles. The molecule has 1 aliphatic heterocycles. The second-order valence-corrected chi connectivity index (χ2v) is 6.37. The van der Waals surface area contributed by atoms with E-state index in [0.717, 1.165) is 38.2 Å². The minimum absolute atomic E-state index is 0.252. The molecular formula is C19H25N3O2. The number of piperidine rings is 1. The molecule has 0 N–H and O–H groups in total. The lowest BCUT2D eigenvalue weighted by Gasteiger charge is -2.33. The number of carbonyl (C=O) groups is 1. The standard InChI is InChI=1S/C19H25N3O2/c23-19(9-5-13-24-18-7-2-1-3-8-18)22-11-4-6-17(15-22)14-21-12-10-20-16-21/h1-3,7-8,10,12,16-17H,4-6,9,11,13-15H2. The van der Waals surface area contributed by atoms with Gasteiger partial charge in [0.15, 0.2) is 0 Å². The van der Waals surface area contributed by atoms with Crippen LogP contribution in [-0.2, 0) is 11.3 Å². The Balaban J connectivity index is 1.38. The Bertz CT molecular complexity index is 613. The van der Waals surface area contributed by atoms with Crippen LogP contribution < -0.4 is 4.74 Å². The largest absolute Gasteiger partial charge is 0.494 e. The van der Waals surface area contributed by atoms with Gasteiger partial charge in [-0.1, -0.05) is 18.2 Å². The summed E-state index contributed by atoms with van der Waals surface area (Å²) in [6, 6.07) is 9.75. The summed E-state index contributed by atoms with van der Waals surface area (Å²) in [5, 5.41) is 0. The predicted molar refractivity (Wildman–Crippen MR) is 92.7 cm³/mol. The zero-order valence-electron chi connectivity index (χ0n) is 14.0. The molecule has 1 saturated heterocycles. The van der Waals surface area contributed by atoms with Gasteiger partial charge in [0.25, 0.3) is 0 Å². The van der Waals surface area contributed by atoms with Crippen LogP contribution in [0.25, 0.3) is 0 Å². The zero-order chi connectivity index (χ0) is 16.6. The van der Waals surface area contributed by atoms with Crippen LogP contribution in [0.2, 0.25) is 0 Å². The summed E-state index contributed by atoms with van der Waals surface area (Å²) in [6.45, 7) is 3.28. The third-order valence-corrected chi connectivity index (χ3v) is 4.45. The molecule has 2 aromatic rings. The molecule has 5 nitrogen and oxygen atoms in total. The van der Waals surface area contributed by atoms with Gasteiger partial charge in [0.05, 0.1) is 12.9 Å². The van der Waals surface area contributed by atoms with Crippen molar-refractivity contribution in [1.82, 2.24) is 14.5 Å². The van der Waals surface area contributed by atoms with E-state index in [0.29, 0.717) is 18.9 Å². The number of imidazole rings is 1. The van der Waals surface area contributed by atoms with Gasteiger partial charge in [-0.25, -0.2) is 4.98 Å². The van der Waals surface area contributed by atoms with Gasteiger partial charge in [-0.2, -0.15) is 0 Å². The third-order valence-electron chi connectivity index (χ3n) is 4.45. The number of rotatable bonds is 7. The summed E-state index contributed by atoms with van der Waals surface area (Å²) in [4.78, 5) is 18.5. The number of benzene rings is 1. The van der Waals surface area contributed by atoms with Gasteiger partial charge in [0.1, 0.15) is 5.75 Å². The molecule has 1 unspecified atom stereocenters. The average Bonchev–Trinajstić information content (AvgIpc) is 3.13. The molecule has 3 rings (SSSR count). The summed E-state index contributed by atoms with van der Waals surface area (Å²) in [5.74, 6) is 1.64. The maximum absolute atomic E-state index is 12.4. The number of nitrogens with zero attached hydrogens (tertiary/aromatic N) is 3. The minimum Gasteiger partial charge on any atom is -0.494 e. The number of hydrogen-bond donors (Lipinski definition) is 0. The van der Waals surface area contributed by atoms with Gasteiger partial charge in [0, 0.05) is 38.4 Å². The number of aromatic nitrogens is 2. The molecule has 1 atom stereocenters. The van der Waals surface area contributed by atoms with Gasteiger partial charge in [-0.3, -0.25) is 4.79 Å². The van der Waals surface area contributed by atoms with Crippen LogP contribution in [0.15, 0.2) is 49.1 Å². The molecule has 1 aromatic heterocycles. The molecule has 5 heteroatoms. The third kappa shape index (κ3) is 4.85. The first kappa shape index (κ1) is 16.6. The summed E-state index contributed by atoms with van der Waals surface area (Å²) < 4.78 is 7.76. The number of ether oxygens (including phenoxy) is 1. The normalized spacial score (nSPS) is 17.7. The van der Waals surface area contributed by atoms with E-state index in [4.69, 9.17) is 4.74 Å². The van der Waals surface area contributed by atoms with Crippen LogP contribution in [-0.4, -0.2) is 40.1 Å². The first-order chi connectivity index (χ1) is 11.8. The quantitative estimate of drug-likeness (QED) is 0.735. The van der Waals surface area contributed by atoms with Crippen molar-refractivity contribution in [2.75, 3.05) is 19.7 Å². The zero-order valence-corrected chi connectivity index (χ0v) is 14.0. The van der Waals surface area contributed by atoms with E-state index in [-0.39, 0.29) is 5.91 Å². The average molecular weight is 327 g/mol. The molecule has 0 aliphatic carbocycles. The molecule has 1 aliphatic rings. The van der Waals surface area contributed by atoms with Crippen LogP contribution in [0.1, 0.15) is 25.7 Å². The number of carbonyl (C=O) groups excluding carboxylic acids is 1. The van der Waals surface area contributed by atoms with Crippen LogP contribution in [0.3, 0.4) is 0 Å². The van der Waals surface area contributed by atoms with E-state index < -0.39 is 0 Å². The highest BCUT2D eigenvalue weighted by atomic mass is 16.5. The van der Waals surface area contributed by atoms with Crippen LogP contribution in [0, 0.1) is 5.92 Å². The Morgan fingerprint density at radius 3 is 2.96 bits per heavy atom. The summed E-state index contributed by atoms with van der Waals surface area (Å²) >= 11 is 0. The number of amides is 1. The Labute approximate surface area is 143 Å². The monoisotopic (exact) mass is 327 g/mol. The molecule has 0 spiro atoms. The van der Waals surface area contributed by atoms with E-state index >= 15 is 0 Å². The lowest BCUT2D eigenvalue weighted by molar-refractivity contribution is -0.133. The van der Waals surface area contributed by atoms with Gasteiger partial charge in [-0.05, 0) is 37.3 Å². The summed E-state index contributed by atoms with van der Waals surface area (Å²) in [5.41, 5.74) is 0. The van der Waals surface area contributed by atoms with E-state index in [2.05, 4.69) is 9.55 Å².